The van der Waals surface area contributed by atoms with Crippen LogP contribution in [0.5, 0.6) is 11.5 Å². The summed E-state index contributed by atoms with van der Waals surface area (Å²) in [7, 11) is 0. The first-order valence-corrected chi connectivity index (χ1v) is 9.80. The number of rotatable bonds is 8. The number of thiol groups is 1. The second-order valence-corrected chi connectivity index (χ2v) is 6.89. The molecule has 0 radical (unpaired) electrons. The van der Waals surface area contributed by atoms with E-state index in [2.05, 4.69) is 17.5 Å². The van der Waals surface area contributed by atoms with Crippen molar-refractivity contribution < 1.29 is 33.8 Å². The van der Waals surface area contributed by atoms with Crippen LogP contribution in [0.4, 0.5) is 0 Å². The highest BCUT2D eigenvalue weighted by Crippen LogP contribution is 2.27. The number of esters is 1. The van der Waals surface area contributed by atoms with Gasteiger partial charge in [-0.05, 0) is 42.8 Å². The predicted octanol–water partition coefficient (Wildman–Crippen LogP) is 1.75. The van der Waals surface area contributed by atoms with E-state index in [-0.39, 0.29) is 49.3 Å². The number of aromatic hydroxyl groups is 1. The zero-order valence-electron chi connectivity index (χ0n) is 16.6. The number of ether oxygens (including phenoxy) is 2. The first-order chi connectivity index (χ1) is 14.8. The molecule has 0 aromatic heterocycles. The second kappa shape index (κ2) is 9.52. The molecular weight excluding hydrogens is 424 g/mol. The predicted molar refractivity (Wildman–Crippen MR) is 112 cm³/mol. The summed E-state index contributed by atoms with van der Waals surface area (Å²) in [5, 5.41) is 10.2. The van der Waals surface area contributed by atoms with Gasteiger partial charge in [-0.1, -0.05) is 12.8 Å². The molecule has 2 aromatic rings. The largest absolute Gasteiger partial charge is 0.507 e. The molecule has 0 unspecified atom stereocenters. The van der Waals surface area contributed by atoms with Crippen molar-refractivity contribution in [1.82, 2.24) is 9.62 Å². The van der Waals surface area contributed by atoms with E-state index in [1.807, 2.05) is 0 Å². The number of ketones is 1. The Bertz CT molecular complexity index is 1050. The van der Waals surface area contributed by atoms with Gasteiger partial charge in [0, 0.05) is 23.7 Å². The van der Waals surface area contributed by atoms with Gasteiger partial charge in [0.25, 0.3) is 11.8 Å². The highest BCUT2D eigenvalue weighted by molar-refractivity contribution is 7.78. The van der Waals surface area contributed by atoms with Crippen molar-refractivity contribution in [3.05, 3.63) is 58.7 Å². The number of fused-ring (bicyclic) bond motifs is 1. The van der Waals surface area contributed by atoms with Gasteiger partial charge >= 0.3 is 5.97 Å². The molecule has 0 saturated carbocycles. The van der Waals surface area contributed by atoms with Crippen LogP contribution in [0.15, 0.2) is 36.4 Å². The number of Topliss-reactive ketones (excluding diaryl/α,β-unsaturated/α-hetero) is 1. The third-order valence-corrected chi connectivity index (χ3v) is 4.82. The molecule has 2 aromatic carbocycles. The molecule has 31 heavy (non-hydrogen) atoms. The molecule has 1 aliphatic rings. The van der Waals surface area contributed by atoms with E-state index in [0.29, 0.717) is 16.7 Å². The normalized spacial score (nSPS) is 12.3. The first-order valence-electron chi connectivity index (χ1n) is 9.35. The van der Waals surface area contributed by atoms with Gasteiger partial charge in [-0.2, -0.15) is 0 Å². The van der Waals surface area contributed by atoms with E-state index in [1.165, 1.54) is 35.2 Å². The number of benzene rings is 2. The Morgan fingerprint density at radius 3 is 2.65 bits per heavy atom. The number of hydrogen-bond donors (Lipinski definition) is 3. The first kappa shape index (κ1) is 22.2. The fourth-order valence-corrected chi connectivity index (χ4v) is 3.28. The third-order valence-electron chi connectivity index (χ3n) is 4.61. The molecule has 2 amide bonds. The van der Waals surface area contributed by atoms with Gasteiger partial charge in [-0.3, -0.25) is 19.1 Å². The maximum Gasteiger partial charge on any atom is 0.344 e. The van der Waals surface area contributed by atoms with Crippen LogP contribution in [0.2, 0.25) is 0 Å². The summed E-state index contributed by atoms with van der Waals surface area (Å²) >= 11 is 3.73. The van der Waals surface area contributed by atoms with Crippen molar-refractivity contribution >= 4 is 36.4 Å². The Labute approximate surface area is 183 Å². The van der Waals surface area contributed by atoms with Crippen molar-refractivity contribution in [2.45, 2.75) is 13.5 Å². The van der Waals surface area contributed by atoms with E-state index < -0.39 is 17.7 Å². The molecule has 0 spiro atoms. The van der Waals surface area contributed by atoms with Crippen LogP contribution in [0.25, 0.3) is 0 Å². The number of carbonyl (C=O) groups excluding carboxylic acids is 4. The van der Waals surface area contributed by atoms with Gasteiger partial charge in [-0.15, -0.1) is 0 Å². The van der Waals surface area contributed by atoms with Crippen LogP contribution in [-0.2, 0) is 16.1 Å². The lowest BCUT2D eigenvalue weighted by molar-refractivity contribution is -0.145. The molecule has 2 N–H and O–H groups in total. The zero-order chi connectivity index (χ0) is 22.5. The van der Waals surface area contributed by atoms with Gasteiger partial charge in [0.05, 0.1) is 18.7 Å². The maximum atomic E-state index is 12.7. The van der Waals surface area contributed by atoms with Crippen molar-refractivity contribution in [3.8, 4) is 11.5 Å². The lowest BCUT2D eigenvalue weighted by Gasteiger charge is -2.15. The average Bonchev–Trinajstić information content (AvgIpc) is 3.06. The van der Waals surface area contributed by atoms with Crippen LogP contribution >= 0.6 is 12.8 Å². The maximum absolute atomic E-state index is 12.7. The van der Waals surface area contributed by atoms with Gasteiger partial charge < -0.3 is 19.5 Å². The molecular formula is C21H20N2O7S. The molecule has 1 aliphatic heterocycles. The summed E-state index contributed by atoms with van der Waals surface area (Å²) in [5.41, 5.74) is 1.41. The summed E-state index contributed by atoms with van der Waals surface area (Å²) in [6.45, 7) is 1.48. The Balaban J connectivity index is 1.66. The number of amides is 2. The second-order valence-electron chi connectivity index (χ2n) is 6.67. The minimum Gasteiger partial charge on any atom is -0.507 e. The van der Waals surface area contributed by atoms with Gasteiger partial charge in [0.2, 0.25) is 0 Å². The van der Waals surface area contributed by atoms with Crippen molar-refractivity contribution in [2.24, 2.45) is 0 Å². The Morgan fingerprint density at radius 2 is 1.97 bits per heavy atom. The standard InChI is InChI=1S/C21H20N2O7S/c1-2-29-19(26)11-30-14-4-6-16(17(24)8-14)18(25)10-23-9-13-7-12(20(27)22-31)3-5-15(13)21(23)28/h3-8,24,31H,2,9-11H2,1H3,(H,22,27). The molecule has 10 heteroatoms. The minimum atomic E-state index is -0.552. The summed E-state index contributed by atoms with van der Waals surface area (Å²) in [4.78, 5) is 49.6. The van der Waals surface area contributed by atoms with Crippen molar-refractivity contribution in [3.63, 3.8) is 0 Å². The van der Waals surface area contributed by atoms with E-state index in [4.69, 9.17) is 9.47 Å². The van der Waals surface area contributed by atoms with Crippen LogP contribution in [0.1, 0.15) is 43.6 Å². The van der Waals surface area contributed by atoms with Gasteiger partial charge in [0.15, 0.2) is 12.4 Å². The van der Waals surface area contributed by atoms with E-state index in [1.54, 1.807) is 13.0 Å². The van der Waals surface area contributed by atoms with Crippen molar-refractivity contribution in [1.29, 1.82) is 0 Å². The number of phenolic OH excluding ortho intramolecular Hbond substituents is 1. The van der Waals surface area contributed by atoms with Crippen LogP contribution < -0.4 is 9.46 Å². The zero-order valence-corrected chi connectivity index (χ0v) is 17.5. The highest BCUT2D eigenvalue weighted by atomic mass is 32.1. The minimum absolute atomic E-state index is 0.0161. The summed E-state index contributed by atoms with van der Waals surface area (Å²) in [5.74, 6) is -1.89. The Morgan fingerprint density at radius 1 is 1.19 bits per heavy atom. The van der Waals surface area contributed by atoms with Crippen LogP contribution in [0, 0.1) is 0 Å². The van der Waals surface area contributed by atoms with E-state index in [0.717, 1.165) is 0 Å². The molecule has 0 atom stereocenters. The monoisotopic (exact) mass is 444 g/mol. The van der Waals surface area contributed by atoms with E-state index >= 15 is 0 Å². The topological polar surface area (TPSA) is 122 Å². The van der Waals surface area contributed by atoms with E-state index in [9.17, 15) is 24.3 Å². The summed E-state index contributed by atoms with van der Waals surface area (Å²) in [6.07, 6.45) is 0. The molecule has 1 heterocycles. The third kappa shape index (κ3) is 4.97. The molecule has 9 nitrogen and oxygen atoms in total. The smallest absolute Gasteiger partial charge is 0.344 e. The quantitative estimate of drug-likeness (QED) is 0.322. The molecule has 0 aliphatic carbocycles. The molecule has 0 bridgehead atoms. The molecule has 162 valence electrons. The fraction of sp³-hybridized carbons (Fsp3) is 0.238. The number of carbonyl (C=O) groups is 4. The Kier molecular flexibility index (Phi) is 6.81. The molecule has 0 saturated heterocycles. The number of phenols is 1. The fourth-order valence-electron chi connectivity index (χ4n) is 3.15. The lowest BCUT2D eigenvalue weighted by atomic mass is 10.1. The summed E-state index contributed by atoms with van der Waals surface area (Å²) in [6, 6.07) is 8.64. The summed E-state index contributed by atoms with van der Waals surface area (Å²) < 4.78 is 12.2. The molecule has 0 fully saturated rings. The Hall–Kier alpha value is -3.53. The van der Waals surface area contributed by atoms with Gasteiger partial charge in [-0.25, -0.2) is 4.79 Å². The number of nitrogens with one attached hydrogen (secondary N) is 1. The lowest BCUT2D eigenvalue weighted by Crippen LogP contribution is -2.30. The molecule has 3 rings (SSSR count). The SMILES string of the molecule is CCOC(=O)COc1ccc(C(=O)CN2Cc3cc(C(=O)NS)ccc3C2=O)c(O)c1. The number of hydrogen-bond acceptors (Lipinski definition) is 8. The van der Waals surface area contributed by atoms with Gasteiger partial charge in [0.1, 0.15) is 11.5 Å². The highest BCUT2D eigenvalue weighted by Gasteiger charge is 2.30. The average molecular weight is 444 g/mol. The van der Waals surface area contributed by atoms with Crippen molar-refractivity contribution in [2.75, 3.05) is 19.8 Å². The number of nitrogens with zero attached hydrogens (tertiary/aromatic N) is 1. The van der Waals surface area contributed by atoms with Crippen LogP contribution in [0.3, 0.4) is 0 Å². The van der Waals surface area contributed by atoms with Crippen LogP contribution in [-0.4, -0.2) is 53.3 Å².